The van der Waals surface area contributed by atoms with Crippen molar-refractivity contribution in [2.75, 3.05) is 32.6 Å². The van der Waals surface area contributed by atoms with Gasteiger partial charge < -0.3 is 55.2 Å². The summed E-state index contributed by atoms with van der Waals surface area (Å²) in [4.78, 5) is 90.2. The van der Waals surface area contributed by atoms with Crippen LogP contribution in [0, 0.1) is 11.8 Å². The van der Waals surface area contributed by atoms with Crippen molar-refractivity contribution in [2.24, 2.45) is 11.8 Å². The number of H-pyrrole nitrogens is 4. The molecule has 302 valence electrons. The lowest BCUT2D eigenvalue weighted by Crippen LogP contribution is -2.51. The molecule has 0 spiro atoms. The van der Waals surface area contributed by atoms with Gasteiger partial charge in [-0.05, 0) is 61.8 Å². The van der Waals surface area contributed by atoms with E-state index >= 15 is 0 Å². The third-order valence-corrected chi connectivity index (χ3v) is 10.8. The standard InChI is InChI=1S/C39H49N11O7/c1-19(2)31(47-38(54)56-5)36(52)49-11-7-9-28(49)33-40-17-27(44-33)25-15-21-13-24-22(14-23(21)42-25)16-26(43-24)35(51)46-30-18-41-34(45-30)29-10-8-12-50(29)37(53)32(20(3)4)48-39(55)57-6/h13-20,28-29,31-32,42-43H,7-12H2,1-6H3,(H,40,44)(H,41,45)(H,46,51)(H,47,54)(H,48,55)/t28?,29?,31?,32-/m0/s1. The van der Waals surface area contributed by atoms with E-state index in [0.29, 0.717) is 42.7 Å². The molecule has 3 unspecified atom stereocenters. The number of carbonyl (C=O) groups excluding carboxylic acids is 5. The van der Waals surface area contributed by atoms with Crippen molar-refractivity contribution in [1.82, 2.24) is 50.3 Å². The Hall–Kier alpha value is -6.33. The van der Waals surface area contributed by atoms with Crippen LogP contribution in [-0.2, 0) is 19.1 Å². The first-order chi connectivity index (χ1) is 27.3. The molecule has 7 N–H and O–H groups in total. The molecule has 2 fully saturated rings. The largest absolute Gasteiger partial charge is 0.453 e. The molecule has 0 bridgehead atoms. The molecule has 5 amide bonds. The third kappa shape index (κ3) is 7.88. The Labute approximate surface area is 328 Å². The molecule has 0 radical (unpaired) electrons. The molecule has 7 rings (SSSR count). The molecule has 0 saturated carbocycles. The molecule has 18 nitrogen and oxygen atoms in total. The van der Waals surface area contributed by atoms with Crippen LogP contribution < -0.4 is 16.0 Å². The smallest absolute Gasteiger partial charge is 0.407 e. The van der Waals surface area contributed by atoms with Crippen molar-refractivity contribution in [3.8, 4) is 11.4 Å². The van der Waals surface area contributed by atoms with Crippen LogP contribution in [0.5, 0.6) is 0 Å². The lowest BCUT2D eigenvalue weighted by Gasteiger charge is -2.30. The number of benzene rings is 1. The van der Waals surface area contributed by atoms with E-state index in [1.165, 1.54) is 20.4 Å². The Balaban J connectivity index is 1.02. The highest BCUT2D eigenvalue weighted by Crippen LogP contribution is 2.35. The maximum absolute atomic E-state index is 13.6. The second kappa shape index (κ2) is 16.0. The van der Waals surface area contributed by atoms with E-state index < -0.39 is 24.3 Å². The number of rotatable bonds is 11. The van der Waals surface area contributed by atoms with E-state index in [9.17, 15) is 24.0 Å². The summed E-state index contributed by atoms with van der Waals surface area (Å²) in [6.45, 7) is 8.56. The molecule has 18 heteroatoms. The SMILES string of the molecule is COC(=O)NC(C(=O)N1CCCC1c1ncc(-c2cc3cc4[nH]c(C(=O)Nc5cnc(C6CCCN6C(=O)[C@@H](NC(=O)OC)C(C)C)[nH]5)cc4cc3[nH]2)[nH]1)C(C)C. The van der Waals surface area contributed by atoms with Crippen molar-refractivity contribution < 1.29 is 33.4 Å². The van der Waals surface area contributed by atoms with Crippen LogP contribution >= 0.6 is 0 Å². The zero-order valence-corrected chi connectivity index (χ0v) is 32.8. The first kappa shape index (κ1) is 38.9. The maximum Gasteiger partial charge on any atom is 0.407 e. The van der Waals surface area contributed by atoms with Gasteiger partial charge in [0.25, 0.3) is 5.91 Å². The van der Waals surface area contributed by atoms with Crippen molar-refractivity contribution in [1.29, 1.82) is 0 Å². The van der Waals surface area contributed by atoms with Crippen LogP contribution in [0.2, 0.25) is 0 Å². The van der Waals surface area contributed by atoms with Gasteiger partial charge in [0.1, 0.15) is 35.2 Å². The number of nitrogens with zero attached hydrogens (tertiary/aromatic N) is 4. The summed E-state index contributed by atoms with van der Waals surface area (Å²) in [6.07, 6.45) is 4.98. The summed E-state index contributed by atoms with van der Waals surface area (Å²) < 4.78 is 9.47. The van der Waals surface area contributed by atoms with Gasteiger partial charge in [-0.1, -0.05) is 27.7 Å². The van der Waals surface area contributed by atoms with E-state index in [4.69, 9.17) is 9.47 Å². The highest BCUT2D eigenvalue weighted by molar-refractivity contribution is 6.07. The number of aromatic nitrogens is 6. The van der Waals surface area contributed by atoms with Crippen LogP contribution in [0.4, 0.5) is 15.4 Å². The van der Waals surface area contributed by atoms with Crippen molar-refractivity contribution in [3.63, 3.8) is 0 Å². The number of alkyl carbamates (subject to hydrolysis) is 2. The Morgan fingerprint density at radius 1 is 0.684 bits per heavy atom. The van der Waals surface area contributed by atoms with Crippen LogP contribution in [0.15, 0.2) is 36.7 Å². The average molecular weight is 784 g/mol. The Kier molecular flexibility index (Phi) is 10.9. The predicted molar refractivity (Wildman–Crippen MR) is 210 cm³/mol. The first-order valence-electron chi connectivity index (χ1n) is 19.2. The van der Waals surface area contributed by atoms with E-state index in [1.807, 2.05) is 45.9 Å². The molecule has 6 heterocycles. The molecule has 2 aliphatic heterocycles. The second-order valence-corrected chi connectivity index (χ2v) is 15.3. The van der Waals surface area contributed by atoms with Crippen molar-refractivity contribution in [3.05, 3.63) is 54.0 Å². The summed E-state index contributed by atoms with van der Waals surface area (Å²) in [5, 5.41) is 9.95. The molecule has 2 saturated heterocycles. The van der Waals surface area contributed by atoms with E-state index in [0.717, 1.165) is 52.5 Å². The zero-order valence-electron chi connectivity index (χ0n) is 32.8. The fourth-order valence-electron chi connectivity index (χ4n) is 7.82. The third-order valence-electron chi connectivity index (χ3n) is 10.8. The number of likely N-dealkylation sites (tertiary alicyclic amines) is 2. The van der Waals surface area contributed by atoms with Gasteiger partial charge >= 0.3 is 12.2 Å². The summed E-state index contributed by atoms with van der Waals surface area (Å²) >= 11 is 0. The Bertz CT molecular complexity index is 2250. The lowest BCUT2D eigenvalue weighted by atomic mass is 10.0. The van der Waals surface area contributed by atoms with Gasteiger partial charge in [-0.3, -0.25) is 14.4 Å². The minimum Gasteiger partial charge on any atom is -0.453 e. The fraction of sp³-hybridized carbons (Fsp3) is 0.462. The van der Waals surface area contributed by atoms with Gasteiger partial charge in [0, 0.05) is 34.9 Å². The number of amides is 5. The van der Waals surface area contributed by atoms with Gasteiger partial charge in [-0.25, -0.2) is 19.6 Å². The highest BCUT2D eigenvalue weighted by atomic mass is 16.5. The number of imidazole rings is 2. The van der Waals surface area contributed by atoms with E-state index in [2.05, 4.69) is 45.9 Å². The summed E-state index contributed by atoms with van der Waals surface area (Å²) in [5.74, 6) is 0.568. The van der Waals surface area contributed by atoms with E-state index in [1.54, 1.807) is 22.1 Å². The van der Waals surface area contributed by atoms with Gasteiger partial charge in [0.2, 0.25) is 11.8 Å². The minimum atomic E-state index is -0.749. The molecule has 2 aliphatic rings. The normalized spacial score (nSPS) is 18.0. The average Bonchev–Trinajstić information content (AvgIpc) is 4.04. The number of fused-ring (bicyclic) bond motifs is 2. The van der Waals surface area contributed by atoms with Crippen molar-refractivity contribution >= 4 is 57.5 Å². The molecule has 5 aromatic rings. The van der Waals surface area contributed by atoms with Crippen LogP contribution in [0.3, 0.4) is 0 Å². The number of carbonyl (C=O) groups is 5. The number of hydrogen-bond acceptors (Lipinski definition) is 9. The van der Waals surface area contributed by atoms with Gasteiger partial charge in [0.05, 0.1) is 50.1 Å². The molecule has 1 aromatic carbocycles. The number of ether oxygens (including phenoxy) is 2. The maximum atomic E-state index is 13.6. The lowest BCUT2D eigenvalue weighted by molar-refractivity contribution is -0.136. The van der Waals surface area contributed by atoms with Gasteiger partial charge in [-0.2, -0.15) is 0 Å². The fourth-order valence-corrected chi connectivity index (χ4v) is 7.82. The summed E-state index contributed by atoms with van der Waals surface area (Å²) in [7, 11) is 2.53. The van der Waals surface area contributed by atoms with Gasteiger partial charge in [0.15, 0.2) is 0 Å². The van der Waals surface area contributed by atoms with Crippen LogP contribution in [-0.4, -0.2) is 109 Å². The molecular weight excluding hydrogens is 734 g/mol. The van der Waals surface area contributed by atoms with Gasteiger partial charge in [-0.15, -0.1) is 0 Å². The molecule has 0 aliphatic carbocycles. The predicted octanol–water partition coefficient (Wildman–Crippen LogP) is 5.10. The number of hydrogen-bond donors (Lipinski definition) is 7. The second-order valence-electron chi connectivity index (χ2n) is 15.3. The summed E-state index contributed by atoms with van der Waals surface area (Å²) in [5.41, 5.74) is 3.57. The zero-order chi connectivity index (χ0) is 40.5. The molecule has 4 atom stereocenters. The monoisotopic (exact) mass is 783 g/mol. The number of methoxy groups -OCH3 is 2. The number of aromatic amines is 4. The first-order valence-corrected chi connectivity index (χ1v) is 19.2. The molecular formula is C39H49N11O7. The Morgan fingerprint density at radius 2 is 1.21 bits per heavy atom. The number of anilines is 1. The van der Waals surface area contributed by atoms with Crippen molar-refractivity contribution in [2.45, 2.75) is 77.5 Å². The molecule has 57 heavy (non-hydrogen) atoms. The number of nitrogens with one attached hydrogen (secondary N) is 7. The Morgan fingerprint density at radius 3 is 1.77 bits per heavy atom. The van der Waals surface area contributed by atoms with Crippen LogP contribution in [0.1, 0.15) is 87.6 Å². The molecule has 4 aromatic heterocycles. The van der Waals surface area contributed by atoms with Crippen LogP contribution in [0.25, 0.3) is 33.2 Å². The topological polar surface area (TPSA) is 235 Å². The van der Waals surface area contributed by atoms with E-state index in [-0.39, 0.29) is 41.6 Å². The minimum absolute atomic E-state index is 0.131. The quantitative estimate of drug-likeness (QED) is 0.0942. The highest BCUT2D eigenvalue weighted by Gasteiger charge is 2.39. The summed E-state index contributed by atoms with van der Waals surface area (Å²) in [6, 6.07) is 5.65.